The van der Waals surface area contributed by atoms with Crippen LogP contribution in [0.2, 0.25) is 0 Å². The van der Waals surface area contributed by atoms with E-state index in [0.29, 0.717) is 0 Å². The monoisotopic (exact) mass is 258 g/mol. The molecule has 0 aliphatic heterocycles. The molecule has 0 aromatic heterocycles. The minimum atomic E-state index is -3.55. The molecule has 0 radical (unpaired) electrons. The van der Waals surface area contributed by atoms with E-state index in [1.807, 2.05) is 13.0 Å². The van der Waals surface area contributed by atoms with Crippen molar-refractivity contribution in [2.75, 3.05) is 6.54 Å². The largest absolute Gasteiger partial charge is 0.392 e. The average Bonchev–Trinajstić information content (AvgIpc) is 2.26. The van der Waals surface area contributed by atoms with E-state index in [2.05, 4.69) is 4.72 Å². The maximum atomic E-state index is 11.9. The molecule has 0 bridgehead atoms. The molecule has 2 unspecified atom stereocenters. The fourth-order valence-electron chi connectivity index (χ4n) is 1.24. The number of aliphatic hydroxyl groups excluding tert-OH is 1. The van der Waals surface area contributed by atoms with E-state index in [-0.39, 0.29) is 11.4 Å². The normalized spacial score (nSPS) is 15.5. The van der Waals surface area contributed by atoms with Crippen molar-refractivity contribution in [3.63, 3.8) is 0 Å². The molecule has 0 amide bonds. The van der Waals surface area contributed by atoms with Gasteiger partial charge in [0.1, 0.15) is 0 Å². The van der Waals surface area contributed by atoms with Gasteiger partial charge in [-0.25, -0.2) is 13.1 Å². The van der Waals surface area contributed by atoms with Crippen molar-refractivity contribution in [1.82, 2.24) is 4.72 Å². The van der Waals surface area contributed by atoms with Crippen LogP contribution in [-0.2, 0) is 10.0 Å². The summed E-state index contributed by atoms with van der Waals surface area (Å²) in [5.41, 5.74) is 6.42. The van der Waals surface area contributed by atoms with Crippen molar-refractivity contribution < 1.29 is 13.5 Å². The minimum absolute atomic E-state index is 0.00788. The molecule has 0 saturated carbocycles. The summed E-state index contributed by atoms with van der Waals surface area (Å²) in [4.78, 5) is 0.204. The van der Waals surface area contributed by atoms with Gasteiger partial charge < -0.3 is 10.8 Å². The van der Waals surface area contributed by atoms with Gasteiger partial charge in [-0.1, -0.05) is 12.1 Å². The number of benzene rings is 1. The lowest BCUT2D eigenvalue weighted by Gasteiger charge is -2.15. The Balaban J connectivity index is 2.76. The van der Waals surface area contributed by atoms with Crippen LogP contribution < -0.4 is 10.5 Å². The summed E-state index contributed by atoms with van der Waals surface area (Å²) < 4.78 is 26.1. The third kappa shape index (κ3) is 4.08. The van der Waals surface area contributed by atoms with Crippen LogP contribution in [0.5, 0.6) is 0 Å². The quantitative estimate of drug-likeness (QED) is 0.692. The van der Waals surface area contributed by atoms with Gasteiger partial charge in [0.05, 0.1) is 11.0 Å². The number of hydrogen-bond acceptors (Lipinski definition) is 4. The molecule has 0 spiro atoms. The van der Waals surface area contributed by atoms with Crippen LogP contribution in [0.4, 0.5) is 0 Å². The van der Waals surface area contributed by atoms with Crippen LogP contribution in [0, 0.1) is 6.92 Å². The van der Waals surface area contributed by atoms with Crippen molar-refractivity contribution in [2.24, 2.45) is 5.73 Å². The van der Waals surface area contributed by atoms with Crippen LogP contribution in [-0.4, -0.2) is 32.2 Å². The van der Waals surface area contributed by atoms with Crippen LogP contribution in [0.25, 0.3) is 0 Å². The molecule has 0 heterocycles. The summed E-state index contributed by atoms with van der Waals surface area (Å²) >= 11 is 0. The molecule has 1 rings (SSSR count). The number of hydrogen-bond donors (Lipinski definition) is 3. The summed E-state index contributed by atoms with van der Waals surface area (Å²) in [5.74, 6) is 0. The third-order valence-electron chi connectivity index (χ3n) is 2.43. The van der Waals surface area contributed by atoms with Crippen LogP contribution in [0.15, 0.2) is 29.2 Å². The third-order valence-corrected chi connectivity index (χ3v) is 3.85. The molecule has 2 atom stereocenters. The Bertz CT molecular complexity index is 471. The maximum Gasteiger partial charge on any atom is 0.240 e. The highest BCUT2D eigenvalue weighted by atomic mass is 32.2. The first kappa shape index (κ1) is 14.1. The number of nitrogens with two attached hydrogens (primary N) is 1. The zero-order chi connectivity index (χ0) is 13.1. The average molecular weight is 258 g/mol. The predicted octanol–water partition coefficient (Wildman–Crippen LogP) is -0.0186. The Hall–Kier alpha value is -0.950. The van der Waals surface area contributed by atoms with Crippen LogP contribution in [0.1, 0.15) is 12.5 Å². The van der Waals surface area contributed by atoms with Crippen molar-refractivity contribution in [1.29, 1.82) is 0 Å². The summed E-state index contributed by atoms with van der Waals surface area (Å²) in [6, 6.07) is 5.98. The fourth-order valence-corrected chi connectivity index (χ4v) is 2.42. The molecule has 1 aromatic carbocycles. The summed E-state index contributed by atoms with van der Waals surface area (Å²) in [5, 5.41) is 9.17. The topological polar surface area (TPSA) is 92.4 Å². The van der Waals surface area contributed by atoms with E-state index in [0.717, 1.165) is 5.56 Å². The molecule has 0 aliphatic carbocycles. The molecule has 0 saturated heterocycles. The van der Waals surface area contributed by atoms with Gasteiger partial charge in [0.15, 0.2) is 0 Å². The minimum Gasteiger partial charge on any atom is -0.392 e. The summed E-state index contributed by atoms with van der Waals surface area (Å²) in [7, 11) is -3.55. The van der Waals surface area contributed by atoms with Crippen molar-refractivity contribution >= 4 is 10.0 Å². The Morgan fingerprint density at radius 1 is 1.47 bits per heavy atom. The van der Waals surface area contributed by atoms with Crippen molar-refractivity contribution in [2.45, 2.75) is 30.9 Å². The molecule has 0 aliphatic rings. The lowest BCUT2D eigenvalue weighted by atomic mass is 10.2. The zero-order valence-corrected chi connectivity index (χ0v) is 10.7. The van der Waals surface area contributed by atoms with Gasteiger partial charge in [0.2, 0.25) is 10.0 Å². The molecule has 17 heavy (non-hydrogen) atoms. The van der Waals surface area contributed by atoms with Gasteiger partial charge in [-0.2, -0.15) is 0 Å². The summed E-state index contributed by atoms with van der Waals surface area (Å²) in [6.07, 6.45) is -0.754. The maximum absolute atomic E-state index is 11.9. The molecule has 1 aromatic rings. The van der Waals surface area contributed by atoms with Gasteiger partial charge in [-0.15, -0.1) is 0 Å². The number of aliphatic hydroxyl groups is 1. The van der Waals surface area contributed by atoms with Crippen molar-refractivity contribution in [3.05, 3.63) is 29.8 Å². The van der Waals surface area contributed by atoms with Gasteiger partial charge in [-0.05, 0) is 31.5 Å². The molecule has 4 N–H and O–H groups in total. The lowest BCUT2D eigenvalue weighted by molar-refractivity contribution is 0.164. The van der Waals surface area contributed by atoms with Crippen molar-refractivity contribution in [3.8, 4) is 0 Å². The van der Waals surface area contributed by atoms with Crippen LogP contribution in [0.3, 0.4) is 0 Å². The van der Waals surface area contributed by atoms with E-state index in [1.165, 1.54) is 13.0 Å². The fraction of sp³-hybridized carbons (Fsp3) is 0.455. The van der Waals surface area contributed by atoms with E-state index in [9.17, 15) is 13.5 Å². The van der Waals surface area contributed by atoms with Gasteiger partial charge in [0, 0.05) is 12.6 Å². The number of sulfonamides is 1. The predicted molar refractivity (Wildman–Crippen MR) is 66.0 cm³/mol. The first-order chi connectivity index (χ1) is 7.83. The second-order valence-corrected chi connectivity index (χ2v) is 5.84. The zero-order valence-electron chi connectivity index (χ0n) is 9.92. The molecule has 96 valence electrons. The first-order valence-corrected chi connectivity index (χ1v) is 6.81. The second kappa shape index (κ2) is 5.59. The van der Waals surface area contributed by atoms with Crippen LogP contribution >= 0.6 is 0 Å². The number of nitrogens with one attached hydrogen (secondary N) is 1. The summed E-state index contributed by atoms with van der Waals surface area (Å²) in [6.45, 7) is 3.35. The molecular weight excluding hydrogens is 240 g/mol. The first-order valence-electron chi connectivity index (χ1n) is 5.33. The lowest BCUT2D eigenvalue weighted by Crippen LogP contribution is -2.43. The molecule has 6 heteroatoms. The standard InChI is InChI=1S/C11H18N2O3S/c1-8-4-3-5-10(6-8)17(15,16)13-7-11(12)9(2)14/h3-6,9,11,13-14H,7,12H2,1-2H3. The van der Waals surface area contributed by atoms with Gasteiger partial charge >= 0.3 is 0 Å². The highest BCUT2D eigenvalue weighted by Crippen LogP contribution is 2.10. The van der Waals surface area contributed by atoms with E-state index >= 15 is 0 Å². The number of rotatable bonds is 5. The smallest absolute Gasteiger partial charge is 0.240 e. The number of aryl methyl sites for hydroxylation is 1. The molecule has 5 nitrogen and oxygen atoms in total. The Labute approximate surface area is 102 Å². The van der Waals surface area contributed by atoms with E-state index < -0.39 is 22.2 Å². The molecular formula is C11H18N2O3S. The Kier molecular flexibility index (Phi) is 4.64. The Morgan fingerprint density at radius 2 is 2.12 bits per heavy atom. The SMILES string of the molecule is Cc1cccc(S(=O)(=O)NCC(N)C(C)O)c1. The van der Waals surface area contributed by atoms with Gasteiger partial charge in [-0.3, -0.25) is 0 Å². The second-order valence-electron chi connectivity index (χ2n) is 4.07. The Morgan fingerprint density at radius 3 is 2.65 bits per heavy atom. The molecule has 0 fully saturated rings. The highest BCUT2D eigenvalue weighted by molar-refractivity contribution is 7.89. The van der Waals surface area contributed by atoms with E-state index in [4.69, 9.17) is 5.73 Å². The van der Waals surface area contributed by atoms with E-state index in [1.54, 1.807) is 12.1 Å². The van der Waals surface area contributed by atoms with Gasteiger partial charge in [0.25, 0.3) is 0 Å². The highest BCUT2D eigenvalue weighted by Gasteiger charge is 2.17.